The molecule has 1 atom stereocenters. The normalized spacial score (nSPS) is 24.6. The molecule has 0 saturated carbocycles. The first-order chi connectivity index (χ1) is 9.06. The second-order valence-electron chi connectivity index (χ2n) is 6.65. The van der Waals surface area contributed by atoms with Gasteiger partial charge in [0.25, 0.3) is 0 Å². The lowest BCUT2D eigenvalue weighted by Crippen LogP contribution is -2.51. The van der Waals surface area contributed by atoms with Crippen LogP contribution >= 0.6 is 0 Å². The number of nitrogens with two attached hydrogens (primary N) is 1. The lowest BCUT2D eigenvalue weighted by Gasteiger charge is -2.43. The summed E-state index contributed by atoms with van der Waals surface area (Å²) < 4.78 is 5.72. The molecule has 1 heterocycles. The Kier molecular flexibility index (Phi) is 7.33. The zero-order valence-corrected chi connectivity index (χ0v) is 13.5. The number of nitrogens with zero attached hydrogens (tertiary/aromatic N) is 1. The molecule has 0 radical (unpaired) electrons. The summed E-state index contributed by atoms with van der Waals surface area (Å²) in [6.07, 6.45) is 4.84. The quantitative estimate of drug-likeness (QED) is 0.737. The zero-order valence-electron chi connectivity index (χ0n) is 13.5. The van der Waals surface area contributed by atoms with Gasteiger partial charge >= 0.3 is 0 Å². The summed E-state index contributed by atoms with van der Waals surface area (Å²) in [5.41, 5.74) is 6.28. The van der Waals surface area contributed by atoms with E-state index in [0.717, 1.165) is 32.7 Å². The minimum absolute atomic E-state index is 0.190. The average Bonchev–Trinajstić information content (AvgIpc) is 2.40. The van der Waals surface area contributed by atoms with Crippen molar-refractivity contribution in [2.45, 2.75) is 59.4 Å². The van der Waals surface area contributed by atoms with E-state index in [2.05, 4.69) is 32.6 Å². The molecule has 1 fully saturated rings. The Morgan fingerprint density at radius 1 is 1.26 bits per heavy atom. The molecular weight excluding hydrogens is 236 g/mol. The predicted octanol–water partition coefficient (Wildman–Crippen LogP) is 2.89. The van der Waals surface area contributed by atoms with Gasteiger partial charge in [0.15, 0.2) is 0 Å². The molecule has 3 heteroatoms. The fourth-order valence-electron chi connectivity index (χ4n) is 3.31. The van der Waals surface area contributed by atoms with Gasteiger partial charge in [-0.1, -0.05) is 27.7 Å². The van der Waals surface area contributed by atoms with Gasteiger partial charge in [-0.2, -0.15) is 0 Å². The molecule has 0 aromatic carbocycles. The van der Waals surface area contributed by atoms with Gasteiger partial charge < -0.3 is 10.5 Å². The second kappa shape index (κ2) is 8.23. The van der Waals surface area contributed by atoms with E-state index in [4.69, 9.17) is 10.5 Å². The lowest BCUT2D eigenvalue weighted by atomic mass is 9.81. The molecule has 3 nitrogen and oxygen atoms in total. The van der Waals surface area contributed by atoms with Crippen molar-refractivity contribution in [2.75, 3.05) is 32.8 Å². The fourth-order valence-corrected chi connectivity index (χ4v) is 3.31. The summed E-state index contributed by atoms with van der Waals surface area (Å²) >= 11 is 0. The van der Waals surface area contributed by atoms with Crippen LogP contribution in [0.15, 0.2) is 0 Å². The highest BCUT2D eigenvalue weighted by Crippen LogP contribution is 2.30. The van der Waals surface area contributed by atoms with Gasteiger partial charge in [-0.15, -0.1) is 0 Å². The maximum absolute atomic E-state index is 6.09. The smallest absolute Gasteiger partial charge is 0.0546 e. The van der Waals surface area contributed by atoms with Gasteiger partial charge in [0.2, 0.25) is 0 Å². The van der Waals surface area contributed by atoms with Crippen molar-refractivity contribution in [1.82, 2.24) is 4.90 Å². The second-order valence-corrected chi connectivity index (χ2v) is 6.65. The van der Waals surface area contributed by atoms with E-state index >= 15 is 0 Å². The van der Waals surface area contributed by atoms with Gasteiger partial charge in [0.1, 0.15) is 0 Å². The van der Waals surface area contributed by atoms with Crippen LogP contribution in [0.1, 0.15) is 53.4 Å². The molecule has 2 N–H and O–H groups in total. The fraction of sp³-hybridized carbons (Fsp3) is 1.00. The molecule has 1 unspecified atom stereocenters. The molecule has 0 aliphatic carbocycles. The molecule has 1 aliphatic heterocycles. The highest BCUT2D eigenvalue weighted by molar-refractivity contribution is 4.88. The summed E-state index contributed by atoms with van der Waals surface area (Å²) in [5.74, 6) is 0.708. The van der Waals surface area contributed by atoms with Crippen molar-refractivity contribution >= 4 is 0 Å². The minimum atomic E-state index is 0.190. The van der Waals surface area contributed by atoms with Crippen LogP contribution in [0.3, 0.4) is 0 Å². The van der Waals surface area contributed by atoms with Crippen LogP contribution in [-0.2, 0) is 4.74 Å². The highest BCUT2D eigenvalue weighted by atomic mass is 16.5. The first kappa shape index (κ1) is 16.9. The van der Waals surface area contributed by atoms with Crippen LogP contribution in [0.25, 0.3) is 0 Å². The van der Waals surface area contributed by atoms with Crippen molar-refractivity contribution in [3.05, 3.63) is 0 Å². The summed E-state index contributed by atoms with van der Waals surface area (Å²) in [6, 6.07) is 0.688. The van der Waals surface area contributed by atoms with Crippen LogP contribution in [0.4, 0.5) is 0 Å². The van der Waals surface area contributed by atoms with E-state index in [0.29, 0.717) is 12.0 Å². The predicted molar refractivity (Wildman–Crippen MR) is 82.3 cm³/mol. The Morgan fingerprint density at radius 3 is 2.37 bits per heavy atom. The molecule has 1 saturated heterocycles. The summed E-state index contributed by atoms with van der Waals surface area (Å²) in [6.45, 7) is 14.0. The van der Waals surface area contributed by atoms with Gasteiger partial charge in [-0.25, -0.2) is 0 Å². The maximum Gasteiger partial charge on any atom is 0.0546 e. The molecule has 0 amide bonds. The molecule has 1 aliphatic rings. The third-order valence-electron chi connectivity index (χ3n) is 4.43. The van der Waals surface area contributed by atoms with E-state index in [1.54, 1.807) is 0 Å². The van der Waals surface area contributed by atoms with Crippen LogP contribution in [0, 0.1) is 11.3 Å². The van der Waals surface area contributed by atoms with Gasteiger partial charge in [0, 0.05) is 37.7 Å². The molecular formula is C16H34N2O. The number of ether oxygens (including phenoxy) is 1. The van der Waals surface area contributed by atoms with Gasteiger partial charge in [-0.3, -0.25) is 4.90 Å². The topological polar surface area (TPSA) is 38.5 Å². The lowest BCUT2D eigenvalue weighted by molar-refractivity contribution is -0.0315. The molecule has 1 rings (SSSR count). The summed E-state index contributed by atoms with van der Waals surface area (Å²) in [7, 11) is 0. The Balaban J connectivity index is 2.72. The van der Waals surface area contributed by atoms with Crippen molar-refractivity contribution < 1.29 is 4.74 Å². The average molecular weight is 270 g/mol. The van der Waals surface area contributed by atoms with Crippen LogP contribution in [-0.4, -0.2) is 43.8 Å². The molecule has 0 aromatic heterocycles. The number of hydrogen-bond donors (Lipinski definition) is 1. The van der Waals surface area contributed by atoms with E-state index in [9.17, 15) is 0 Å². The minimum Gasteiger partial charge on any atom is -0.381 e. The first-order valence-electron chi connectivity index (χ1n) is 8.08. The monoisotopic (exact) mass is 270 g/mol. The molecule has 114 valence electrons. The summed E-state index contributed by atoms with van der Waals surface area (Å²) in [5, 5.41) is 0. The Labute approximate surface area is 119 Å². The van der Waals surface area contributed by atoms with Crippen LogP contribution in [0.2, 0.25) is 0 Å². The highest BCUT2D eigenvalue weighted by Gasteiger charge is 2.35. The van der Waals surface area contributed by atoms with Gasteiger partial charge in [-0.05, 0) is 31.6 Å². The largest absolute Gasteiger partial charge is 0.381 e. The SMILES string of the molecule is CCC(CC)N(CC(C)C)CC1(CN)CCCOC1. The van der Waals surface area contributed by atoms with Crippen molar-refractivity contribution in [3.8, 4) is 0 Å². The Hall–Kier alpha value is -0.120. The molecule has 0 aromatic rings. The van der Waals surface area contributed by atoms with E-state index in [1.807, 2.05) is 0 Å². The Morgan fingerprint density at radius 2 is 1.95 bits per heavy atom. The van der Waals surface area contributed by atoms with E-state index in [1.165, 1.54) is 25.8 Å². The summed E-state index contributed by atoms with van der Waals surface area (Å²) in [4.78, 5) is 2.67. The standard InChI is InChI=1S/C16H34N2O/c1-5-15(6-2)18(10-14(3)4)12-16(11-17)8-7-9-19-13-16/h14-15H,5-13,17H2,1-4H3. The maximum atomic E-state index is 6.09. The first-order valence-corrected chi connectivity index (χ1v) is 8.08. The van der Waals surface area contributed by atoms with E-state index in [-0.39, 0.29) is 5.41 Å². The van der Waals surface area contributed by atoms with Crippen LogP contribution in [0.5, 0.6) is 0 Å². The van der Waals surface area contributed by atoms with E-state index < -0.39 is 0 Å². The third kappa shape index (κ3) is 5.05. The molecule has 19 heavy (non-hydrogen) atoms. The number of rotatable bonds is 8. The third-order valence-corrected chi connectivity index (χ3v) is 4.43. The Bertz CT molecular complexity index is 233. The van der Waals surface area contributed by atoms with Crippen LogP contribution < -0.4 is 5.73 Å². The number of hydrogen-bond acceptors (Lipinski definition) is 3. The van der Waals surface area contributed by atoms with Crippen molar-refractivity contribution in [1.29, 1.82) is 0 Å². The molecule has 0 spiro atoms. The zero-order chi connectivity index (χ0) is 14.3. The van der Waals surface area contributed by atoms with Crippen molar-refractivity contribution in [2.24, 2.45) is 17.1 Å². The van der Waals surface area contributed by atoms with Gasteiger partial charge in [0.05, 0.1) is 6.61 Å². The van der Waals surface area contributed by atoms with Crippen molar-refractivity contribution in [3.63, 3.8) is 0 Å². The molecule has 0 bridgehead atoms.